The van der Waals surface area contributed by atoms with Gasteiger partial charge in [0.1, 0.15) is 22.9 Å². The third-order valence-corrected chi connectivity index (χ3v) is 4.84. The van der Waals surface area contributed by atoms with Crippen molar-refractivity contribution >= 4 is 21.8 Å². The van der Waals surface area contributed by atoms with Crippen LogP contribution in [-0.4, -0.2) is 20.7 Å². The van der Waals surface area contributed by atoms with Crippen molar-refractivity contribution in [3.05, 3.63) is 54.1 Å². The molecule has 0 unspecified atom stereocenters. The standard InChI is InChI=1S/C21H18N2O2/c1-21(2)11-15-18-17(12-7-3-4-8-13(12)19(15)25-21)22-20(23-18)14-9-5-6-10-16(14)24/h3-10,24H,11H2,1-2H3,(H,22,23). The molecule has 3 aromatic carbocycles. The Morgan fingerprint density at radius 1 is 1.04 bits per heavy atom. The van der Waals surface area contributed by atoms with Crippen molar-refractivity contribution in [3.63, 3.8) is 0 Å². The Hall–Kier alpha value is -3.01. The number of hydrogen-bond acceptors (Lipinski definition) is 3. The number of nitrogens with one attached hydrogen (secondary N) is 1. The number of rotatable bonds is 1. The lowest BCUT2D eigenvalue weighted by Crippen LogP contribution is -2.24. The van der Waals surface area contributed by atoms with Crippen LogP contribution in [0.2, 0.25) is 0 Å². The van der Waals surface area contributed by atoms with Gasteiger partial charge in [0.2, 0.25) is 0 Å². The van der Waals surface area contributed by atoms with Crippen LogP contribution in [0.3, 0.4) is 0 Å². The number of para-hydroxylation sites is 1. The van der Waals surface area contributed by atoms with E-state index in [1.165, 1.54) is 0 Å². The molecular weight excluding hydrogens is 312 g/mol. The molecule has 25 heavy (non-hydrogen) atoms. The summed E-state index contributed by atoms with van der Waals surface area (Å²) in [5, 5.41) is 12.4. The predicted octanol–water partition coefficient (Wildman–Crippen LogP) is 4.80. The first kappa shape index (κ1) is 14.3. The van der Waals surface area contributed by atoms with Crippen molar-refractivity contribution in [1.82, 2.24) is 9.97 Å². The monoisotopic (exact) mass is 330 g/mol. The summed E-state index contributed by atoms with van der Waals surface area (Å²) in [4.78, 5) is 8.26. The third-order valence-electron chi connectivity index (χ3n) is 4.84. The van der Waals surface area contributed by atoms with Gasteiger partial charge in [0.05, 0.1) is 16.6 Å². The van der Waals surface area contributed by atoms with Gasteiger partial charge in [-0.25, -0.2) is 4.98 Å². The number of H-pyrrole nitrogens is 1. The van der Waals surface area contributed by atoms with Crippen LogP contribution in [0.25, 0.3) is 33.2 Å². The van der Waals surface area contributed by atoms with Gasteiger partial charge in [-0.15, -0.1) is 0 Å². The van der Waals surface area contributed by atoms with Crippen molar-refractivity contribution < 1.29 is 9.84 Å². The number of phenolic OH excluding ortho intramolecular Hbond substituents is 1. The summed E-state index contributed by atoms with van der Waals surface area (Å²) in [5.41, 5.74) is 3.52. The molecule has 1 aliphatic heterocycles. The number of phenols is 1. The second-order valence-electron chi connectivity index (χ2n) is 7.22. The number of fused-ring (bicyclic) bond motifs is 6. The van der Waals surface area contributed by atoms with E-state index in [4.69, 9.17) is 9.72 Å². The molecule has 124 valence electrons. The van der Waals surface area contributed by atoms with Gasteiger partial charge in [0, 0.05) is 22.8 Å². The number of nitrogens with zero attached hydrogens (tertiary/aromatic N) is 1. The van der Waals surface area contributed by atoms with E-state index in [0.29, 0.717) is 11.4 Å². The van der Waals surface area contributed by atoms with Crippen LogP contribution < -0.4 is 4.74 Å². The molecule has 0 radical (unpaired) electrons. The van der Waals surface area contributed by atoms with Crippen LogP contribution in [0, 0.1) is 0 Å². The summed E-state index contributed by atoms with van der Waals surface area (Å²) < 4.78 is 6.25. The van der Waals surface area contributed by atoms with Crippen molar-refractivity contribution in [1.29, 1.82) is 0 Å². The predicted molar refractivity (Wildman–Crippen MR) is 99.1 cm³/mol. The lowest BCUT2D eigenvalue weighted by Gasteiger charge is -2.17. The summed E-state index contributed by atoms with van der Waals surface area (Å²) in [6, 6.07) is 15.5. The lowest BCUT2D eigenvalue weighted by molar-refractivity contribution is 0.140. The molecule has 0 amide bonds. The van der Waals surface area contributed by atoms with E-state index in [0.717, 1.165) is 39.5 Å². The molecule has 0 fully saturated rings. The largest absolute Gasteiger partial charge is 0.507 e. The highest BCUT2D eigenvalue weighted by Crippen LogP contribution is 2.45. The molecule has 0 saturated heterocycles. The van der Waals surface area contributed by atoms with Crippen molar-refractivity contribution in [2.24, 2.45) is 0 Å². The van der Waals surface area contributed by atoms with Crippen molar-refractivity contribution in [2.45, 2.75) is 25.9 Å². The van der Waals surface area contributed by atoms with E-state index >= 15 is 0 Å². The minimum absolute atomic E-state index is 0.221. The lowest BCUT2D eigenvalue weighted by atomic mass is 9.97. The molecule has 2 N–H and O–H groups in total. The van der Waals surface area contributed by atoms with Crippen molar-refractivity contribution in [3.8, 4) is 22.9 Å². The van der Waals surface area contributed by atoms with E-state index < -0.39 is 0 Å². The highest BCUT2D eigenvalue weighted by molar-refractivity contribution is 6.10. The Morgan fingerprint density at radius 3 is 2.56 bits per heavy atom. The molecule has 4 heteroatoms. The SMILES string of the molecule is CC1(C)Cc2c(c3ccccc3c3[nH]c(-c4ccccc4O)nc23)O1. The number of aromatic amines is 1. The summed E-state index contributed by atoms with van der Waals surface area (Å²) in [5.74, 6) is 1.83. The second-order valence-corrected chi connectivity index (χ2v) is 7.22. The van der Waals surface area contributed by atoms with E-state index in [1.807, 2.05) is 30.3 Å². The summed E-state index contributed by atoms with van der Waals surface area (Å²) >= 11 is 0. The number of ether oxygens (including phenoxy) is 1. The summed E-state index contributed by atoms with van der Waals surface area (Å²) in [6.45, 7) is 4.20. The molecule has 2 heterocycles. The number of aromatic nitrogens is 2. The molecule has 4 nitrogen and oxygen atoms in total. The average Bonchev–Trinajstić information content (AvgIpc) is 3.16. The van der Waals surface area contributed by atoms with Crippen molar-refractivity contribution in [2.75, 3.05) is 0 Å². The van der Waals surface area contributed by atoms with Crippen LogP contribution in [-0.2, 0) is 6.42 Å². The quantitative estimate of drug-likeness (QED) is 0.527. The van der Waals surface area contributed by atoms with E-state index in [9.17, 15) is 5.11 Å². The maximum atomic E-state index is 10.2. The van der Waals surface area contributed by atoms with E-state index in [1.54, 1.807) is 6.07 Å². The molecule has 1 aromatic heterocycles. The molecule has 5 rings (SSSR count). The minimum atomic E-state index is -0.243. The Kier molecular flexibility index (Phi) is 2.73. The molecule has 4 aromatic rings. The maximum Gasteiger partial charge on any atom is 0.142 e. The third kappa shape index (κ3) is 2.03. The first-order valence-corrected chi connectivity index (χ1v) is 8.44. The fraction of sp³-hybridized carbons (Fsp3) is 0.190. The zero-order valence-corrected chi connectivity index (χ0v) is 14.1. The fourth-order valence-corrected chi connectivity index (χ4v) is 3.78. The Labute approximate surface area is 145 Å². The normalized spacial score (nSPS) is 15.4. The van der Waals surface area contributed by atoms with Crippen LogP contribution in [0.15, 0.2) is 48.5 Å². The van der Waals surface area contributed by atoms with Crippen LogP contribution >= 0.6 is 0 Å². The van der Waals surface area contributed by atoms with Gasteiger partial charge in [-0.2, -0.15) is 0 Å². The Bertz CT molecular complexity index is 1140. The summed E-state index contributed by atoms with van der Waals surface area (Å²) in [6.07, 6.45) is 0.814. The van der Waals surface area contributed by atoms with E-state index in [-0.39, 0.29) is 11.4 Å². The smallest absolute Gasteiger partial charge is 0.142 e. The Balaban J connectivity index is 1.88. The number of imidazole rings is 1. The molecule has 0 aliphatic carbocycles. The van der Waals surface area contributed by atoms with Gasteiger partial charge < -0.3 is 14.8 Å². The molecule has 1 aliphatic rings. The first-order valence-electron chi connectivity index (χ1n) is 8.44. The first-order chi connectivity index (χ1) is 12.0. The van der Waals surface area contributed by atoms with Gasteiger partial charge in [-0.1, -0.05) is 36.4 Å². The zero-order valence-electron chi connectivity index (χ0n) is 14.1. The maximum absolute atomic E-state index is 10.2. The van der Waals surface area contributed by atoms with Crippen LogP contribution in [0.5, 0.6) is 11.5 Å². The molecule has 0 spiro atoms. The molecule has 0 atom stereocenters. The van der Waals surface area contributed by atoms with Gasteiger partial charge in [0.15, 0.2) is 0 Å². The van der Waals surface area contributed by atoms with Gasteiger partial charge in [-0.05, 0) is 26.0 Å². The highest BCUT2D eigenvalue weighted by Gasteiger charge is 2.34. The summed E-state index contributed by atoms with van der Waals surface area (Å²) in [7, 11) is 0. The van der Waals surface area contributed by atoms with Crippen LogP contribution in [0.1, 0.15) is 19.4 Å². The molecule has 0 saturated carbocycles. The zero-order chi connectivity index (χ0) is 17.2. The van der Waals surface area contributed by atoms with Gasteiger partial charge in [0.25, 0.3) is 0 Å². The second kappa shape index (κ2) is 4.76. The Morgan fingerprint density at radius 2 is 1.76 bits per heavy atom. The minimum Gasteiger partial charge on any atom is -0.507 e. The average molecular weight is 330 g/mol. The van der Waals surface area contributed by atoms with E-state index in [2.05, 4.69) is 31.0 Å². The number of benzene rings is 3. The molecular formula is C21H18N2O2. The molecule has 0 bridgehead atoms. The topological polar surface area (TPSA) is 58.1 Å². The number of hydrogen-bond donors (Lipinski definition) is 2. The number of aromatic hydroxyl groups is 1. The fourth-order valence-electron chi connectivity index (χ4n) is 3.78. The van der Waals surface area contributed by atoms with Gasteiger partial charge in [-0.3, -0.25) is 0 Å². The van der Waals surface area contributed by atoms with Crippen LogP contribution in [0.4, 0.5) is 0 Å². The highest BCUT2D eigenvalue weighted by atomic mass is 16.5. The van der Waals surface area contributed by atoms with Gasteiger partial charge >= 0.3 is 0 Å².